The van der Waals surface area contributed by atoms with Gasteiger partial charge in [0.05, 0.1) is 37.6 Å². The van der Waals surface area contributed by atoms with Gasteiger partial charge in [0.1, 0.15) is 0 Å². The molecule has 0 heterocycles. The summed E-state index contributed by atoms with van der Waals surface area (Å²) in [4.78, 5) is 0. The molecule has 4 aliphatic carbocycles. The number of allylic oxidation sites excluding steroid dienone is 2. The second-order valence-corrected chi connectivity index (χ2v) is 15.2. The fourth-order valence-electron chi connectivity index (χ4n) is 9.95. The Morgan fingerprint density at radius 1 is 0.838 bits per heavy atom. The number of aliphatic hydroxyl groups is 6. The van der Waals surface area contributed by atoms with E-state index in [0.717, 1.165) is 25.7 Å². The summed E-state index contributed by atoms with van der Waals surface area (Å²) in [5, 5.41) is 65.9. The first-order valence-corrected chi connectivity index (χ1v) is 14.6. The minimum Gasteiger partial charge on any atom is -0.396 e. The molecule has 0 saturated heterocycles. The minimum absolute atomic E-state index is 0.0156. The molecule has 2 unspecified atom stereocenters. The first kappa shape index (κ1) is 29.5. The highest BCUT2D eigenvalue weighted by Crippen LogP contribution is 2.72. The lowest BCUT2D eigenvalue weighted by molar-refractivity contribution is -0.225. The summed E-state index contributed by atoms with van der Waals surface area (Å²) in [6.07, 6.45) is 4.53. The standard InChI is InChI=1S/C31H54O6/c1-19-8-9-21-27(4)12-11-22(34)28(5,17-32)20(27)10-13-29(21,6)30(19,7)16-23(35)31(18-33)15-14-26(2,3)24(36)25(31)37/h8,20-25,32-37H,9-18H2,1-7H3/t20?,21?,22-,23+,24-,25-,27-,28+,29+,30+,31+/m0/s1. The van der Waals surface area contributed by atoms with Gasteiger partial charge < -0.3 is 30.6 Å². The predicted molar refractivity (Wildman–Crippen MR) is 145 cm³/mol. The van der Waals surface area contributed by atoms with E-state index >= 15 is 0 Å². The van der Waals surface area contributed by atoms with E-state index in [0.29, 0.717) is 31.6 Å². The highest BCUT2D eigenvalue weighted by atomic mass is 16.3. The average molecular weight is 523 g/mol. The molecule has 214 valence electrons. The molecule has 6 nitrogen and oxygen atoms in total. The maximum absolute atomic E-state index is 11.9. The lowest BCUT2D eigenvalue weighted by Crippen LogP contribution is -2.65. The van der Waals surface area contributed by atoms with Crippen LogP contribution in [0.2, 0.25) is 0 Å². The van der Waals surface area contributed by atoms with Crippen LogP contribution >= 0.6 is 0 Å². The molecule has 3 fully saturated rings. The summed E-state index contributed by atoms with van der Waals surface area (Å²) >= 11 is 0. The van der Waals surface area contributed by atoms with Gasteiger partial charge in [-0.15, -0.1) is 0 Å². The third kappa shape index (κ3) is 3.87. The van der Waals surface area contributed by atoms with Gasteiger partial charge >= 0.3 is 0 Å². The Hall–Kier alpha value is -0.500. The van der Waals surface area contributed by atoms with E-state index in [1.54, 1.807) is 0 Å². The van der Waals surface area contributed by atoms with Gasteiger partial charge in [-0.25, -0.2) is 0 Å². The normalized spacial score (nSPS) is 52.6. The van der Waals surface area contributed by atoms with Crippen LogP contribution in [0.1, 0.15) is 99.8 Å². The zero-order chi connectivity index (χ0) is 27.8. The van der Waals surface area contributed by atoms with E-state index < -0.39 is 40.7 Å². The summed E-state index contributed by atoms with van der Waals surface area (Å²) < 4.78 is 0. The molecule has 0 bridgehead atoms. The van der Waals surface area contributed by atoms with E-state index in [2.05, 4.69) is 40.7 Å². The van der Waals surface area contributed by atoms with Crippen molar-refractivity contribution in [3.05, 3.63) is 11.6 Å². The van der Waals surface area contributed by atoms with Crippen molar-refractivity contribution in [3.63, 3.8) is 0 Å². The van der Waals surface area contributed by atoms with Crippen molar-refractivity contribution in [2.75, 3.05) is 13.2 Å². The fraction of sp³-hybridized carbons (Fsp3) is 0.935. The topological polar surface area (TPSA) is 121 Å². The molecule has 11 atom stereocenters. The molecule has 6 N–H and O–H groups in total. The average Bonchev–Trinajstić information content (AvgIpc) is 2.84. The van der Waals surface area contributed by atoms with Gasteiger partial charge in [0.25, 0.3) is 0 Å². The van der Waals surface area contributed by atoms with Gasteiger partial charge in [-0.3, -0.25) is 0 Å². The summed E-state index contributed by atoms with van der Waals surface area (Å²) in [5.74, 6) is 0.540. The quantitative estimate of drug-likeness (QED) is 0.306. The van der Waals surface area contributed by atoms with Gasteiger partial charge in [-0.05, 0) is 91.8 Å². The third-order valence-corrected chi connectivity index (χ3v) is 13.4. The van der Waals surface area contributed by atoms with Crippen LogP contribution in [-0.4, -0.2) is 68.3 Å². The van der Waals surface area contributed by atoms with Crippen molar-refractivity contribution in [2.45, 2.75) is 124 Å². The summed E-state index contributed by atoms with van der Waals surface area (Å²) in [5.41, 5.74) is -1.46. The number of fused-ring (bicyclic) bond motifs is 3. The monoisotopic (exact) mass is 522 g/mol. The molecular formula is C31H54O6. The van der Waals surface area contributed by atoms with E-state index in [9.17, 15) is 30.6 Å². The van der Waals surface area contributed by atoms with Gasteiger partial charge in [-0.2, -0.15) is 0 Å². The van der Waals surface area contributed by atoms with Crippen molar-refractivity contribution in [3.8, 4) is 0 Å². The predicted octanol–water partition coefficient (Wildman–Crippen LogP) is 3.81. The van der Waals surface area contributed by atoms with Gasteiger partial charge in [0.2, 0.25) is 0 Å². The van der Waals surface area contributed by atoms with Crippen molar-refractivity contribution in [1.29, 1.82) is 0 Å². The van der Waals surface area contributed by atoms with Gasteiger partial charge in [0.15, 0.2) is 0 Å². The first-order chi connectivity index (χ1) is 17.0. The molecule has 0 aromatic rings. The molecule has 0 aromatic heterocycles. The number of aliphatic hydroxyl groups excluding tert-OH is 6. The van der Waals surface area contributed by atoms with E-state index in [1.807, 2.05) is 13.8 Å². The molecule has 4 rings (SSSR count). The van der Waals surface area contributed by atoms with Crippen molar-refractivity contribution in [1.82, 2.24) is 0 Å². The SMILES string of the molecule is CC1=CCC2[C@@]3(C)CC[C@H](O)[C@](C)(CO)C3CC[C@@]2(C)[C@]1(C)C[C@@H](O)[C@]1(CO)CCC(C)(C)[C@@H](O)[C@@H]1O. The van der Waals surface area contributed by atoms with Crippen LogP contribution in [0, 0.1) is 44.3 Å². The van der Waals surface area contributed by atoms with Crippen molar-refractivity contribution < 1.29 is 30.6 Å². The molecule has 0 aliphatic heterocycles. The van der Waals surface area contributed by atoms with Gasteiger partial charge in [-0.1, -0.05) is 53.2 Å². The van der Waals surface area contributed by atoms with E-state index in [4.69, 9.17) is 0 Å². The van der Waals surface area contributed by atoms with Crippen LogP contribution in [0.25, 0.3) is 0 Å². The van der Waals surface area contributed by atoms with Crippen LogP contribution < -0.4 is 0 Å². The lowest BCUT2D eigenvalue weighted by Gasteiger charge is -2.69. The number of rotatable bonds is 5. The van der Waals surface area contributed by atoms with Crippen molar-refractivity contribution >= 4 is 0 Å². The lowest BCUT2D eigenvalue weighted by atomic mass is 9.36. The largest absolute Gasteiger partial charge is 0.396 e. The first-order valence-electron chi connectivity index (χ1n) is 14.6. The van der Waals surface area contributed by atoms with Crippen molar-refractivity contribution in [2.24, 2.45) is 44.3 Å². The molecule has 0 amide bonds. The molecule has 3 saturated carbocycles. The second-order valence-electron chi connectivity index (χ2n) is 15.2. The Kier molecular flexibility index (Phi) is 7.39. The Balaban J connectivity index is 1.70. The van der Waals surface area contributed by atoms with E-state index in [-0.39, 0.29) is 35.4 Å². The zero-order valence-corrected chi connectivity index (χ0v) is 24.3. The number of hydrogen-bond donors (Lipinski definition) is 6. The van der Waals surface area contributed by atoms with Crippen LogP contribution in [0.15, 0.2) is 11.6 Å². The van der Waals surface area contributed by atoms with Crippen LogP contribution in [0.4, 0.5) is 0 Å². The van der Waals surface area contributed by atoms with Crippen LogP contribution in [-0.2, 0) is 0 Å². The smallest absolute Gasteiger partial charge is 0.0907 e. The second kappa shape index (κ2) is 9.27. The molecule has 4 aliphatic rings. The number of hydrogen-bond acceptors (Lipinski definition) is 6. The maximum Gasteiger partial charge on any atom is 0.0907 e. The zero-order valence-electron chi connectivity index (χ0n) is 24.3. The molecule has 0 radical (unpaired) electrons. The highest BCUT2D eigenvalue weighted by Gasteiger charge is 2.67. The molecular weight excluding hydrogens is 468 g/mol. The third-order valence-electron chi connectivity index (χ3n) is 13.4. The summed E-state index contributed by atoms with van der Waals surface area (Å²) in [7, 11) is 0. The van der Waals surface area contributed by atoms with E-state index in [1.165, 1.54) is 5.57 Å². The Morgan fingerprint density at radius 3 is 2.08 bits per heavy atom. The highest BCUT2D eigenvalue weighted by molar-refractivity contribution is 5.27. The Labute approximate surface area is 224 Å². The summed E-state index contributed by atoms with van der Waals surface area (Å²) in [6, 6.07) is 0. The van der Waals surface area contributed by atoms with Crippen LogP contribution in [0.5, 0.6) is 0 Å². The Bertz CT molecular complexity index is 902. The molecule has 0 spiro atoms. The molecule has 0 aromatic carbocycles. The molecule has 6 heteroatoms. The maximum atomic E-state index is 11.9. The summed E-state index contributed by atoms with van der Waals surface area (Å²) in [6.45, 7) is 14.7. The van der Waals surface area contributed by atoms with Gasteiger partial charge in [0, 0.05) is 10.8 Å². The molecule has 37 heavy (non-hydrogen) atoms. The Morgan fingerprint density at radius 2 is 1.49 bits per heavy atom. The minimum atomic E-state index is -1.20. The van der Waals surface area contributed by atoms with Crippen LogP contribution in [0.3, 0.4) is 0 Å². The fourth-order valence-corrected chi connectivity index (χ4v) is 9.95.